The van der Waals surface area contributed by atoms with Gasteiger partial charge < -0.3 is 24.4 Å². The zero-order valence-electron chi connectivity index (χ0n) is 24.1. The Morgan fingerprint density at radius 1 is 1.27 bits per heavy atom. The molecule has 2 bridgehead atoms. The van der Waals surface area contributed by atoms with Gasteiger partial charge in [-0.05, 0) is 64.7 Å². The number of hydrogen-bond acceptors (Lipinski definition) is 6. The van der Waals surface area contributed by atoms with Crippen LogP contribution in [0.5, 0.6) is 0 Å². The first-order valence-corrected chi connectivity index (χ1v) is 13.8. The maximum atomic E-state index is 14.6. The van der Waals surface area contributed by atoms with Crippen molar-refractivity contribution >= 4 is 17.8 Å². The predicted molar refractivity (Wildman–Crippen MR) is 141 cm³/mol. The van der Waals surface area contributed by atoms with Gasteiger partial charge in [-0.25, -0.2) is 0 Å². The third kappa shape index (κ3) is 4.96. The van der Waals surface area contributed by atoms with Gasteiger partial charge in [0.15, 0.2) is 0 Å². The van der Waals surface area contributed by atoms with Crippen LogP contribution in [0.1, 0.15) is 81.1 Å². The van der Waals surface area contributed by atoms with Crippen LogP contribution in [0.15, 0.2) is 12.7 Å². The van der Waals surface area contributed by atoms with Gasteiger partial charge in [0, 0.05) is 25.2 Å². The van der Waals surface area contributed by atoms with Gasteiger partial charge in [0.1, 0.15) is 17.6 Å². The van der Waals surface area contributed by atoms with E-state index in [1.54, 1.807) is 17.9 Å². The standard InChI is InChI=1S/C29H48N2O6/c1-10-14-31(27(7,8)18-26(4,5)6)24(34)22-29-17-19(3)28(9,37-29)21(25(35)36-11-2)20(29)23(33)30(22)15-12-13-16-32/h10,19-22,32H,1,11-18H2,2-9H3/t19?,20-,21-,22?,28+,29?/m0/s1. The van der Waals surface area contributed by atoms with Crippen LogP contribution in [-0.2, 0) is 23.9 Å². The Hall–Kier alpha value is -1.93. The Morgan fingerprint density at radius 2 is 1.92 bits per heavy atom. The van der Waals surface area contributed by atoms with E-state index < -0.39 is 40.6 Å². The maximum absolute atomic E-state index is 14.6. The summed E-state index contributed by atoms with van der Waals surface area (Å²) in [6, 6.07) is -0.855. The summed E-state index contributed by atoms with van der Waals surface area (Å²) in [6.45, 7) is 21.0. The summed E-state index contributed by atoms with van der Waals surface area (Å²) >= 11 is 0. The number of likely N-dealkylation sites (tertiary alicyclic amines) is 1. The molecular weight excluding hydrogens is 472 g/mol. The number of hydrogen-bond donors (Lipinski definition) is 1. The minimum Gasteiger partial charge on any atom is -0.466 e. The highest BCUT2D eigenvalue weighted by molar-refractivity contribution is 5.98. The highest BCUT2D eigenvalue weighted by atomic mass is 16.6. The second-order valence-corrected chi connectivity index (χ2v) is 13.2. The highest BCUT2D eigenvalue weighted by Gasteiger charge is 2.80. The van der Waals surface area contributed by atoms with E-state index in [1.165, 1.54) is 0 Å². The van der Waals surface area contributed by atoms with Crippen LogP contribution in [0, 0.1) is 23.2 Å². The Bertz CT molecular complexity index is 911. The van der Waals surface area contributed by atoms with Gasteiger partial charge in [0.2, 0.25) is 11.8 Å². The molecule has 2 amide bonds. The second kappa shape index (κ2) is 10.3. The van der Waals surface area contributed by atoms with Crippen molar-refractivity contribution in [3.63, 3.8) is 0 Å². The maximum Gasteiger partial charge on any atom is 0.312 e. The summed E-state index contributed by atoms with van der Waals surface area (Å²) in [5.74, 6) is -2.40. The second-order valence-electron chi connectivity index (χ2n) is 13.2. The first kappa shape index (κ1) is 29.6. The number of aliphatic hydroxyl groups excluding tert-OH is 1. The molecule has 37 heavy (non-hydrogen) atoms. The third-order valence-corrected chi connectivity index (χ3v) is 8.67. The van der Waals surface area contributed by atoms with Crippen molar-refractivity contribution in [1.29, 1.82) is 0 Å². The molecular formula is C29H48N2O6. The number of amides is 2. The number of aliphatic hydroxyl groups is 1. The normalized spacial score (nSPS) is 33.0. The number of unbranched alkanes of at least 4 members (excludes halogenated alkanes) is 1. The summed E-state index contributed by atoms with van der Waals surface area (Å²) in [7, 11) is 0. The molecule has 0 saturated carbocycles. The number of nitrogens with zero attached hydrogens (tertiary/aromatic N) is 2. The molecule has 3 fully saturated rings. The van der Waals surface area contributed by atoms with Gasteiger partial charge >= 0.3 is 5.97 Å². The van der Waals surface area contributed by atoms with E-state index in [0.717, 1.165) is 6.42 Å². The van der Waals surface area contributed by atoms with Crippen LogP contribution in [0.25, 0.3) is 0 Å². The molecule has 0 aromatic heterocycles. The van der Waals surface area contributed by atoms with E-state index in [2.05, 4.69) is 41.2 Å². The lowest BCUT2D eigenvalue weighted by Gasteiger charge is -2.45. The molecule has 210 valence electrons. The summed E-state index contributed by atoms with van der Waals surface area (Å²) in [5.41, 5.74) is -2.52. The van der Waals surface area contributed by atoms with Crippen molar-refractivity contribution in [2.45, 2.75) is 104 Å². The molecule has 0 aromatic rings. The summed E-state index contributed by atoms with van der Waals surface area (Å²) in [5, 5.41) is 9.39. The number of esters is 1. The molecule has 0 radical (unpaired) electrons. The topological polar surface area (TPSA) is 96.4 Å². The smallest absolute Gasteiger partial charge is 0.312 e. The van der Waals surface area contributed by atoms with Crippen LogP contribution < -0.4 is 0 Å². The highest BCUT2D eigenvalue weighted by Crippen LogP contribution is 2.65. The van der Waals surface area contributed by atoms with Crippen molar-refractivity contribution < 1.29 is 29.0 Å². The third-order valence-electron chi connectivity index (χ3n) is 8.67. The summed E-state index contributed by atoms with van der Waals surface area (Å²) in [4.78, 5) is 45.4. The van der Waals surface area contributed by atoms with Crippen LogP contribution >= 0.6 is 0 Å². The first-order valence-electron chi connectivity index (χ1n) is 13.8. The van der Waals surface area contributed by atoms with Crippen molar-refractivity contribution in [2.75, 3.05) is 26.3 Å². The van der Waals surface area contributed by atoms with E-state index in [0.29, 0.717) is 32.4 Å². The van der Waals surface area contributed by atoms with Crippen molar-refractivity contribution in [2.24, 2.45) is 23.2 Å². The van der Waals surface area contributed by atoms with Gasteiger partial charge in [0.05, 0.1) is 18.1 Å². The molecule has 0 aliphatic carbocycles. The lowest BCUT2D eigenvalue weighted by atomic mass is 9.62. The Balaban J connectivity index is 2.12. The number of rotatable bonds is 11. The van der Waals surface area contributed by atoms with Gasteiger partial charge in [-0.15, -0.1) is 6.58 Å². The molecule has 6 atom stereocenters. The Labute approximate surface area is 222 Å². The van der Waals surface area contributed by atoms with Crippen molar-refractivity contribution in [1.82, 2.24) is 9.80 Å². The fourth-order valence-electron chi connectivity index (χ4n) is 7.55. The molecule has 1 N–H and O–H groups in total. The zero-order chi connectivity index (χ0) is 28.0. The van der Waals surface area contributed by atoms with Crippen LogP contribution in [0.3, 0.4) is 0 Å². The van der Waals surface area contributed by atoms with E-state index in [9.17, 15) is 19.5 Å². The average molecular weight is 521 g/mol. The number of carbonyl (C=O) groups is 3. The van der Waals surface area contributed by atoms with Crippen LogP contribution in [0.2, 0.25) is 0 Å². The molecule has 8 heteroatoms. The fraction of sp³-hybridized carbons (Fsp3) is 0.828. The quantitative estimate of drug-likeness (QED) is 0.254. The number of fused-ring (bicyclic) bond motifs is 1. The molecule has 3 aliphatic rings. The van der Waals surface area contributed by atoms with Gasteiger partial charge in [-0.3, -0.25) is 14.4 Å². The summed E-state index contributed by atoms with van der Waals surface area (Å²) in [6.07, 6.45) is 4.07. The van der Waals surface area contributed by atoms with Gasteiger partial charge in [0.25, 0.3) is 0 Å². The van der Waals surface area contributed by atoms with E-state index in [-0.39, 0.29) is 36.4 Å². The Kier molecular flexibility index (Phi) is 8.27. The molecule has 3 heterocycles. The van der Waals surface area contributed by atoms with Crippen LogP contribution in [-0.4, -0.2) is 81.8 Å². The van der Waals surface area contributed by atoms with E-state index in [4.69, 9.17) is 9.47 Å². The minimum absolute atomic E-state index is 0.00741. The SMILES string of the molecule is C=CCN(C(=O)C1N(CCCCO)C(=O)[C@@H]2[C@@H](C(=O)OCC)[C@]3(C)OC12CC3C)C(C)(C)CC(C)(C)C. The molecule has 1 spiro atoms. The largest absolute Gasteiger partial charge is 0.466 e. The van der Waals surface area contributed by atoms with Gasteiger partial charge in [-0.1, -0.05) is 33.8 Å². The molecule has 3 saturated heterocycles. The van der Waals surface area contributed by atoms with Crippen LogP contribution in [0.4, 0.5) is 0 Å². The number of carbonyl (C=O) groups excluding carboxylic acids is 3. The Morgan fingerprint density at radius 3 is 2.46 bits per heavy atom. The molecule has 3 rings (SSSR count). The molecule has 8 nitrogen and oxygen atoms in total. The molecule has 0 aromatic carbocycles. The minimum atomic E-state index is -1.10. The molecule has 3 unspecified atom stereocenters. The van der Waals surface area contributed by atoms with Crippen molar-refractivity contribution in [3.05, 3.63) is 12.7 Å². The predicted octanol–water partition coefficient (Wildman–Crippen LogP) is 3.56. The monoisotopic (exact) mass is 520 g/mol. The zero-order valence-corrected chi connectivity index (χ0v) is 24.1. The summed E-state index contributed by atoms with van der Waals surface area (Å²) < 4.78 is 12.2. The lowest BCUT2D eigenvalue weighted by molar-refractivity contribution is -0.162. The van der Waals surface area contributed by atoms with Crippen molar-refractivity contribution in [3.8, 4) is 0 Å². The molecule has 3 aliphatic heterocycles. The first-order chi connectivity index (χ1) is 17.1. The lowest BCUT2D eigenvalue weighted by Crippen LogP contribution is -2.61. The van der Waals surface area contributed by atoms with E-state index >= 15 is 0 Å². The van der Waals surface area contributed by atoms with E-state index in [1.807, 2.05) is 18.7 Å². The fourth-order valence-corrected chi connectivity index (χ4v) is 7.55. The average Bonchev–Trinajstić information content (AvgIpc) is 3.27. The van der Waals surface area contributed by atoms with Gasteiger partial charge in [-0.2, -0.15) is 0 Å². The number of ether oxygens (including phenoxy) is 2.